The normalized spacial score (nSPS) is 16.8. The largest absolute Gasteiger partial charge is 0.480 e. The highest BCUT2D eigenvalue weighted by Gasteiger charge is 2.45. The number of carbonyl (C=O) groups is 2. The Morgan fingerprint density at radius 1 is 1.39 bits per heavy atom. The minimum atomic E-state index is -1.14. The van der Waals surface area contributed by atoms with Crippen LogP contribution < -0.4 is 5.32 Å². The van der Waals surface area contributed by atoms with Gasteiger partial charge in [-0.15, -0.1) is 0 Å². The fourth-order valence-corrected chi connectivity index (χ4v) is 2.00. The van der Waals surface area contributed by atoms with Crippen molar-refractivity contribution in [3.63, 3.8) is 0 Å². The lowest BCUT2D eigenvalue weighted by molar-refractivity contribution is -0.148. The third-order valence-corrected chi connectivity index (χ3v) is 3.39. The van der Waals surface area contributed by atoms with Gasteiger partial charge < -0.3 is 10.4 Å². The molecule has 1 aliphatic rings. The predicted molar refractivity (Wildman–Crippen MR) is 62.8 cm³/mol. The lowest BCUT2D eigenvalue weighted by Gasteiger charge is -2.38. The van der Waals surface area contributed by atoms with Crippen LogP contribution in [0.5, 0.6) is 0 Å². The summed E-state index contributed by atoms with van der Waals surface area (Å²) >= 11 is 0. The van der Waals surface area contributed by atoms with Gasteiger partial charge in [0.2, 0.25) is 0 Å². The second kappa shape index (κ2) is 4.40. The molecule has 2 rings (SSSR count). The number of rotatable bonds is 3. The van der Waals surface area contributed by atoms with Crippen molar-refractivity contribution in [2.24, 2.45) is 0 Å². The molecule has 0 aliphatic heterocycles. The highest BCUT2D eigenvalue weighted by Crippen LogP contribution is 2.32. The molecule has 0 aromatic heterocycles. The molecule has 1 aromatic rings. The fourth-order valence-electron chi connectivity index (χ4n) is 2.00. The molecule has 1 amide bonds. The first kappa shape index (κ1) is 12.5. The highest BCUT2D eigenvalue weighted by atomic mass is 19.1. The van der Waals surface area contributed by atoms with E-state index in [1.807, 2.05) is 0 Å². The molecule has 0 atom stereocenters. The van der Waals surface area contributed by atoms with E-state index in [4.69, 9.17) is 5.11 Å². The first-order valence-electron chi connectivity index (χ1n) is 5.77. The average Bonchev–Trinajstić information content (AvgIpc) is 2.26. The predicted octanol–water partition coefficient (Wildman–Crippen LogP) is 1.87. The molecule has 1 aromatic carbocycles. The monoisotopic (exact) mass is 251 g/mol. The van der Waals surface area contributed by atoms with Crippen LogP contribution in [-0.4, -0.2) is 22.5 Å². The number of amides is 1. The second-order valence-electron chi connectivity index (χ2n) is 4.66. The molecule has 0 radical (unpaired) electrons. The van der Waals surface area contributed by atoms with E-state index in [0.717, 1.165) is 6.42 Å². The summed E-state index contributed by atoms with van der Waals surface area (Å²) in [5.74, 6) is -1.87. The minimum absolute atomic E-state index is 0.279. The van der Waals surface area contributed by atoms with Crippen molar-refractivity contribution in [1.82, 2.24) is 5.32 Å². The maximum absolute atomic E-state index is 13.1. The van der Waals surface area contributed by atoms with Crippen LogP contribution in [0.1, 0.15) is 35.2 Å². The molecule has 5 heteroatoms. The molecule has 4 nitrogen and oxygen atoms in total. The van der Waals surface area contributed by atoms with E-state index in [1.54, 1.807) is 6.92 Å². The van der Waals surface area contributed by atoms with Gasteiger partial charge in [-0.1, -0.05) is 0 Å². The summed E-state index contributed by atoms with van der Waals surface area (Å²) in [4.78, 5) is 23.0. The number of carbonyl (C=O) groups excluding carboxylic acids is 1. The first-order chi connectivity index (χ1) is 8.44. The fraction of sp³-hybridized carbons (Fsp3) is 0.385. The van der Waals surface area contributed by atoms with Crippen LogP contribution in [0.2, 0.25) is 0 Å². The second-order valence-corrected chi connectivity index (χ2v) is 4.66. The molecule has 2 N–H and O–H groups in total. The Bertz CT molecular complexity index is 509. The van der Waals surface area contributed by atoms with Gasteiger partial charge in [-0.25, -0.2) is 9.18 Å². The van der Waals surface area contributed by atoms with E-state index >= 15 is 0 Å². The third kappa shape index (κ3) is 2.08. The number of aryl methyl sites for hydroxylation is 1. The van der Waals surface area contributed by atoms with Crippen LogP contribution in [0.3, 0.4) is 0 Å². The lowest BCUT2D eigenvalue weighted by atomic mass is 9.76. The molecule has 96 valence electrons. The van der Waals surface area contributed by atoms with Crippen molar-refractivity contribution in [2.75, 3.05) is 0 Å². The Hall–Kier alpha value is -1.91. The molecule has 1 aliphatic carbocycles. The highest BCUT2D eigenvalue weighted by molar-refractivity contribution is 5.98. The van der Waals surface area contributed by atoms with Crippen LogP contribution in [-0.2, 0) is 4.79 Å². The number of carboxylic acids is 1. The van der Waals surface area contributed by atoms with Crippen molar-refractivity contribution in [2.45, 2.75) is 31.7 Å². The summed E-state index contributed by atoms with van der Waals surface area (Å²) in [6.45, 7) is 1.56. The molecular formula is C13H14FNO3. The lowest BCUT2D eigenvalue weighted by Crippen LogP contribution is -2.59. The molecule has 0 unspecified atom stereocenters. The van der Waals surface area contributed by atoms with Crippen molar-refractivity contribution < 1.29 is 19.1 Å². The van der Waals surface area contributed by atoms with E-state index in [-0.39, 0.29) is 11.4 Å². The molecule has 0 heterocycles. The van der Waals surface area contributed by atoms with Crippen LogP contribution >= 0.6 is 0 Å². The first-order valence-corrected chi connectivity index (χ1v) is 5.77. The van der Waals surface area contributed by atoms with Gasteiger partial charge in [0.15, 0.2) is 0 Å². The summed E-state index contributed by atoms with van der Waals surface area (Å²) in [5, 5.41) is 11.6. The topological polar surface area (TPSA) is 66.4 Å². The zero-order chi connectivity index (χ0) is 13.3. The standard InChI is InChI=1S/C13H14FNO3/c1-8-7-9(3-4-10(8)14)11(16)15-13(12(17)18)5-2-6-13/h3-4,7H,2,5-6H2,1H3,(H,15,16)(H,17,18). The van der Waals surface area contributed by atoms with E-state index in [1.165, 1.54) is 18.2 Å². The summed E-state index contributed by atoms with van der Waals surface area (Å²) in [7, 11) is 0. The number of nitrogens with one attached hydrogen (secondary N) is 1. The Balaban J connectivity index is 2.17. The van der Waals surface area contributed by atoms with Gasteiger partial charge in [-0.2, -0.15) is 0 Å². The molecular weight excluding hydrogens is 237 g/mol. The van der Waals surface area contributed by atoms with Crippen molar-refractivity contribution in [1.29, 1.82) is 0 Å². The SMILES string of the molecule is Cc1cc(C(=O)NC2(C(=O)O)CCC2)ccc1F. The van der Waals surface area contributed by atoms with Crippen LogP contribution in [0.25, 0.3) is 0 Å². The number of hydrogen-bond donors (Lipinski definition) is 2. The number of halogens is 1. The van der Waals surface area contributed by atoms with Crippen LogP contribution in [0.4, 0.5) is 4.39 Å². The number of benzene rings is 1. The van der Waals surface area contributed by atoms with Gasteiger partial charge in [0.1, 0.15) is 11.4 Å². The van der Waals surface area contributed by atoms with Gasteiger partial charge in [-0.05, 0) is 49.9 Å². The molecule has 18 heavy (non-hydrogen) atoms. The molecule has 0 bridgehead atoms. The third-order valence-electron chi connectivity index (χ3n) is 3.39. The smallest absolute Gasteiger partial charge is 0.329 e. The zero-order valence-corrected chi connectivity index (χ0v) is 10.00. The van der Waals surface area contributed by atoms with Gasteiger partial charge in [0, 0.05) is 5.56 Å². The minimum Gasteiger partial charge on any atom is -0.480 e. The molecule has 1 fully saturated rings. The zero-order valence-electron chi connectivity index (χ0n) is 10.00. The quantitative estimate of drug-likeness (QED) is 0.861. The Morgan fingerprint density at radius 3 is 2.50 bits per heavy atom. The maximum Gasteiger partial charge on any atom is 0.329 e. The Kier molecular flexibility index (Phi) is 3.07. The van der Waals surface area contributed by atoms with Crippen molar-refractivity contribution in [3.05, 3.63) is 35.1 Å². The van der Waals surface area contributed by atoms with Gasteiger partial charge in [0.25, 0.3) is 5.91 Å². The summed E-state index contributed by atoms with van der Waals surface area (Å²) in [6, 6.07) is 3.98. The Morgan fingerprint density at radius 2 is 2.06 bits per heavy atom. The van der Waals surface area contributed by atoms with Crippen molar-refractivity contribution in [3.8, 4) is 0 Å². The van der Waals surface area contributed by atoms with E-state index in [2.05, 4.69) is 5.32 Å². The molecule has 0 spiro atoms. The maximum atomic E-state index is 13.1. The summed E-state index contributed by atoms with van der Waals surface area (Å²) < 4.78 is 13.1. The Labute approximate surface area is 104 Å². The summed E-state index contributed by atoms with van der Waals surface area (Å²) in [5.41, 5.74) is -0.499. The van der Waals surface area contributed by atoms with Crippen LogP contribution in [0, 0.1) is 12.7 Å². The van der Waals surface area contributed by atoms with E-state index in [9.17, 15) is 14.0 Å². The summed E-state index contributed by atoms with van der Waals surface area (Å²) in [6.07, 6.45) is 1.66. The van der Waals surface area contributed by atoms with Gasteiger partial charge in [-0.3, -0.25) is 4.79 Å². The van der Waals surface area contributed by atoms with Crippen molar-refractivity contribution >= 4 is 11.9 Å². The van der Waals surface area contributed by atoms with Gasteiger partial charge >= 0.3 is 5.97 Å². The van der Waals surface area contributed by atoms with Gasteiger partial charge in [0.05, 0.1) is 0 Å². The van der Waals surface area contributed by atoms with E-state index < -0.39 is 17.4 Å². The molecule has 0 saturated heterocycles. The number of carboxylic acid groups (broad SMARTS) is 1. The number of aliphatic carboxylic acids is 1. The number of hydrogen-bond acceptors (Lipinski definition) is 2. The van der Waals surface area contributed by atoms with Crippen LogP contribution in [0.15, 0.2) is 18.2 Å². The molecule has 1 saturated carbocycles. The average molecular weight is 251 g/mol. The van der Waals surface area contributed by atoms with E-state index in [0.29, 0.717) is 18.4 Å².